The number of hydrogen-bond acceptors (Lipinski definition) is 4. The smallest absolute Gasteiger partial charge is 0.224 e. The van der Waals surface area contributed by atoms with Crippen LogP contribution in [0.25, 0.3) is 0 Å². The number of methoxy groups -OCH3 is 2. The van der Waals surface area contributed by atoms with Crippen molar-refractivity contribution in [2.75, 3.05) is 27.3 Å². The van der Waals surface area contributed by atoms with Crippen LogP contribution in [0, 0.1) is 0 Å². The molecule has 0 bridgehead atoms. The van der Waals surface area contributed by atoms with Crippen LogP contribution in [0.2, 0.25) is 0 Å². The highest BCUT2D eigenvalue weighted by Gasteiger charge is 2.26. The Kier molecular flexibility index (Phi) is 4.27. The van der Waals surface area contributed by atoms with Crippen LogP contribution in [-0.4, -0.2) is 44.2 Å². The lowest BCUT2D eigenvalue weighted by Crippen LogP contribution is -2.30. The van der Waals surface area contributed by atoms with Crippen LogP contribution in [0.4, 0.5) is 0 Å². The molecule has 1 fully saturated rings. The van der Waals surface area contributed by atoms with Gasteiger partial charge in [0.25, 0.3) is 0 Å². The molecule has 0 aromatic heterocycles. The topological polar surface area (TPSA) is 64.8 Å². The Morgan fingerprint density at radius 3 is 2.74 bits per heavy atom. The Labute approximate surface area is 113 Å². The maximum atomic E-state index is 11.7. The van der Waals surface area contributed by atoms with Crippen molar-refractivity contribution in [3.63, 3.8) is 0 Å². The number of nitrogens with zero attached hydrogens (tertiary/aromatic N) is 1. The van der Waals surface area contributed by atoms with Gasteiger partial charge in [0, 0.05) is 25.6 Å². The van der Waals surface area contributed by atoms with E-state index in [1.54, 1.807) is 14.2 Å². The molecule has 1 atom stereocenters. The van der Waals surface area contributed by atoms with Crippen LogP contribution >= 0.6 is 0 Å². The summed E-state index contributed by atoms with van der Waals surface area (Å²) in [6.45, 7) is 1.31. The zero-order valence-electron chi connectivity index (χ0n) is 11.4. The predicted molar refractivity (Wildman–Crippen MR) is 72.4 cm³/mol. The number of benzene rings is 1. The van der Waals surface area contributed by atoms with Gasteiger partial charge in [0.1, 0.15) is 0 Å². The SMILES string of the molecule is COc1cccc(CCN2CC(N)CC2=O)c1OC. The second-order valence-corrected chi connectivity index (χ2v) is 4.71. The first-order valence-electron chi connectivity index (χ1n) is 6.39. The summed E-state index contributed by atoms with van der Waals surface area (Å²) >= 11 is 0. The van der Waals surface area contributed by atoms with E-state index >= 15 is 0 Å². The van der Waals surface area contributed by atoms with Gasteiger partial charge in [-0.25, -0.2) is 0 Å². The van der Waals surface area contributed by atoms with Crippen LogP contribution in [0.1, 0.15) is 12.0 Å². The summed E-state index contributed by atoms with van der Waals surface area (Å²) in [6.07, 6.45) is 1.19. The van der Waals surface area contributed by atoms with Crippen LogP contribution in [-0.2, 0) is 11.2 Å². The van der Waals surface area contributed by atoms with E-state index < -0.39 is 0 Å². The molecule has 2 N–H and O–H groups in total. The Morgan fingerprint density at radius 2 is 2.16 bits per heavy atom. The number of rotatable bonds is 5. The van der Waals surface area contributed by atoms with Crippen molar-refractivity contribution >= 4 is 5.91 Å². The minimum Gasteiger partial charge on any atom is -0.493 e. The highest BCUT2D eigenvalue weighted by molar-refractivity contribution is 5.79. The van der Waals surface area contributed by atoms with Gasteiger partial charge in [-0.05, 0) is 18.1 Å². The van der Waals surface area contributed by atoms with Gasteiger partial charge in [-0.1, -0.05) is 12.1 Å². The van der Waals surface area contributed by atoms with Crippen molar-refractivity contribution < 1.29 is 14.3 Å². The predicted octanol–water partition coefficient (Wildman–Crippen LogP) is 0.806. The summed E-state index contributed by atoms with van der Waals surface area (Å²) in [7, 11) is 3.24. The van der Waals surface area contributed by atoms with Crippen molar-refractivity contribution in [2.45, 2.75) is 18.9 Å². The molecule has 1 aliphatic heterocycles. The van der Waals surface area contributed by atoms with Crippen molar-refractivity contribution in [1.29, 1.82) is 0 Å². The summed E-state index contributed by atoms with van der Waals surface area (Å²) < 4.78 is 10.6. The van der Waals surface area contributed by atoms with Crippen molar-refractivity contribution in [3.8, 4) is 11.5 Å². The van der Waals surface area contributed by atoms with Gasteiger partial charge >= 0.3 is 0 Å². The van der Waals surface area contributed by atoms with E-state index in [-0.39, 0.29) is 11.9 Å². The van der Waals surface area contributed by atoms with E-state index in [1.807, 2.05) is 23.1 Å². The lowest BCUT2D eigenvalue weighted by molar-refractivity contribution is -0.127. The molecule has 5 nitrogen and oxygen atoms in total. The maximum absolute atomic E-state index is 11.7. The minimum atomic E-state index is -0.0281. The molecule has 1 aromatic rings. The second kappa shape index (κ2) is 5.93. The third-order valence-corrected chi connectivity index (χ3v) is 3.38. The molecule has 1 aromatic carbocycles. The first-order valence-corrected chi connectivity index (χ1v) is 6.39. The third kappa shape index (κ3) is 2.98. The van der Waals surface area contributed by atoms with Gasteiger partial charge < -0.3 is 20.1 Å². The van der Waals surface area contributed by atoms with Crippen molar-refractivity contribution in [1.82, 2.24) is 4.90 Å². The summed E-state index contributed by atoms with van der Waals surface area (Å²) in [6, 6.07) is 5.75. The fraction of sp³-hybridized carbons (Fsp3) is 0.500. The zero-order chi connectivity index (χ0) is 13.8. The monoisotopic (exact) mass is 264 g/mol. The Bertz CT molecular complexity index is 462. The standard InChI is InChI=1S/C14H20N2O3/c1-18-12-5-3-4-10(14(12)19-2)6-7-16-9-11(15)8-13(16)17/h3-5,11H,6-9,15H2,1-2H3. The molecule has 0 radical (unpaired) electrons. The van der Waals surface area contributed by atoms with Gasteiger partial charge in [0.15, 0.2) is 11.5 Å². The minimum absolute atomic E-state index is 0.0281. The number of likely N-dealkylation sites (tertiary alicyclic amines) is 1. The summed E-state index contributed by atoms with van der Waals surface area (Å²) in [5, 5.41) is 0. The molecule has 104 valence electrons. The van der Waals surface area contributed by atoms with Crippen LogP contribution < -0.4 is 15.2 Å². The van der Waals surface area contributed by atoms with E-state index in [4.69, 9.17) is 15.2 Å². The van der Waals surface area contributed by atoms with Crippen molar-refractivity contribution in [3.05, 3.63) is 23.8 Å². The van der Waals surface area contributed by atoms with Gasteiger partial charge in [0.05, 0.1) is 14.2 Å². The maximum Gasteiger partial charge on any atom is 0.224 e. The Balaban J connectivity index is 2.05. The van der Waals surface area contributed by atoms with Crippen LogP contribution in [0.5, 0.6) is 11.5 Å². The van der Waals surface area contributed by atoms with Gasteiger partial charge in [-0.3, -0.25) is 4.79 Å². The second-order valence-electron chi connectivity index (χ2n) is 4.71. The normalized spacial score (nSPS) is 18.8. The molecule has 1 heterocycles. The van der Waals surface area contributed by atoms with E-state index in [1.165, 1.54) is 0 Å². The first kappa shape index (κ1) is 13.7. The first-order chi connectivity index (χ1) is 9.15. The summed E-state index contributed by atoms with van der Waals surface area (Å²) in [5.41, 5.74) is 6.82. The molecule has 2 rings (SSSR count). The van der Waals surface area contributed by atoms with E-state index in [9.17, 15) is 4.79 Å². The van der Waals surface area contributed by atoms with Crippen molar-refractivity contribution in [2.24, 2.45) is 5.73 Å². The molecule has 19 heavy (non-hydrogen) atoms. The Hall–Kier alpha value is -1.75. The van der Waals surface area contributed by atoms with Crippen LogP contribution in [0.3, 0.4) is 0 Å². The number of amides is 1. The molecule has 0 saturated carbocycles. The molecule has 1 saturated heterocycles. The average Bonchev–Trinajstić information content (AvgIpc) is 2.73. The number of carbonyl (C=O) groups is 1. The van der Waals surface area contributed by atoms with E-state index in [2.05, 4.69) is 0 Å². The average molecular weight is 264 g/mol. The molecule has 1 amide bonds. The molecule has 0 aliphatic carbocycles. The molecule has 0 spiro atoms. The molecule has 1 aliphatic rings. The van der Waals surface area contributed by atoms with E-state index in [0.29, 0.717) is 25.3 Å². The lowest BCUT2D eigenvalue weighted by atomic mass is 10.1. The molecular weight excluding hydrogens is 244 g/mol. The Morgan fingerprint density at radius 1 is 1.37 bits per heavy atom. The highest BCUT2D eigenvalue weighted by Crippen LogP contribution is 2.31. The zero-order valence-corrected chi connectivity index (χ0v) is 11.4. The number of hydrogen-bond donors (Lipinski definition) is 1. The van der Waals surface area contributed by atoms with E-state index in [0.717, 1.165) is 17.7 Å². The lowest BCUT2D eigenvalue weighted by Gasteiger charge is -2.17. The fourth-order valence-corrected chi connectivity index (χ4v) is 2.42. The van der Waals surface area contributed by atoms with Gasteiger partial charge in [-0.2, -0.15) is 0 Å². The molecule has 1 unspecified atom stereocenters. The number of carbonyl (C=O) groups excluding carboxylic acids is 1. The summed E-state index contributed by atoms with van der Waals surface area (Å²) in [4.78, 5) is 13.5. The third-order valence-electron chi connectivity index (χ3n) is 3.38. The highest BCUT2D eigenvalue weighted by atomic mass is 16.5. The van der Waals surface area contributed by atoms with Crippen LogP contribution in [0.15, 0.2) is 18.2 Å². The molecule has 5 heteroatoms. The van der Waals surface area contributed by atoms with Gasteiger partial charge in [-0.15, -0.1) is 0 Å². The summed E-state index contributed by atoms with van der Waals surface area (Å²) in [5.74, 6) is 1.58. The van der Waals surface area contributed by atoms with Gasteiger partial charge in [0.2, 0.25) is 5.91 Å². The molecular formula is C14H20N2O3. The fourth-order valence-electron chi connectivity index (χ4n) is 2.42. The number of ether oxygens (including phenoxy) is 2. The largest absolute Gasteiger partial charge is 0.493 e. The quantitative estimate of drug-likeness (QED) is 0.854. The number of nitrogens with two attached hydrogens (primary N) is 1. The number of para-hydroxylation sites is 1.